The molecule has 9 heavy (non-hydrogen) atoms. The van der Waals surface area contributed by atoms with Crippen LogP contribution in [-0.2, 0) is 9.47 Å². The first-order chi connectivity index (χ1) is 4.41. The minimum absolute atomic E-state index is 0.737. The van der Waals surface area contributed by atoms with Gasteiger partial charge in [-0.05, 0) is 9.83 Å². The normalized spacial score (nSPS) is 10.0. The molecule has 0 aliphatic carbocycles. The first-order valence-electron chi connectivity index (χ1n) is 2.30. The Morgan fingerprint density at radius 2 is 1.44 bits per heavy atom. The monoisotopic (exact) mass is 186 g/mol. The summed E-state index contributed by atoms with van der Waals surface area (Å²) in [6.07, 6.45) is 0. The van der Waals surface area contributed by atoms with Crippen LogP contribution in [0.2, 0.25) is 0 Å². The molecule has 0 aromatic carbocycles. The van der Waals surface area contributed by atoms with E-state index in [2.05, 4.69) is 0 Å². The van der Waals surface area contributed by atoms with Crippen LogP contribution in [0.4, 0.5) is 0 Å². The molecular formula is C4H10O2S3. The molecule has 0 bridgehead atoms. The van der Waals surface area contributed by atoms with Gasteiger partial charge >= 0.3 is 0 Å². The molecule has 0 amide bonds. The lowest BCUT2D eigenvalue weighted by molar-refractivity contribution is 0.259. The Labute approximate surface area is 67.2 Å². The maximum absolute atomic E-state index is 4.81. The highest BCUT2D eigenvalue weighted by Gasteiger charge is 1.87. The molecule has 0 saturated carbocycles. The molecule has 0 aliphatic rings. The van der Waals surface area contributed by atoms with Crippen LogP contribution in [0.5, 0.6) is 0 Å². The van der Waals surface area contributed by atoms with E-state index in [0.29, 0.717) is 0 Å². The Hall–Kier alpha value is 0.970. The van der Waals surface area contributed by atoms with Gasteiger partial charge in [0.2, 0.25) is 0 Å². The molecule has 2 nitrogen and oxygen atoms in total. The minimum Gasteiger partial charge on any atom is -0.373 e. The zero-order valence-electron chi connectivity index (χ0n) is 5.46. The van der Waals surface area contributed by atoms with Gasteiger partial charge in [-0.15, -0.1) is 0 Å². The second-order valence-corrected chi connectivity index (χ2v) is 5.24. The van der Waals surface area contributed by atoms with Gasteiger partial charge in [0, 0.05) is 14.2 Å². The SMILES string of the molecule is COCSSSCOC. The van der Waals surface area contributed by atoms with Gasteiger partial charge in [0.25, 0.3) is 0 Å². The number of ether oxygens (including phenoxy) is 2. The zero-order valence-corrected chi connectivity index (χ0v) is 7.90. The fourth-order valence-electron chi connectivity index (χ4n) is 0.170. The summed E-state index contributed by atoms with van der Waals surface area (Å²) < 4.78 is 9.62. The van der Waals surface area contributed by atoms with Crippen LogP contribution in [0, 0.1) is 0 Å². The molecule has 56 valence electrons. The van der Waals surface area contributed by atoms with Crippen molar-refractivity contribution in [3.8, 4) is 0 Å². The van der Waals surface area contributed by atoms with Crippen molar-refractivity contribution < 1.29 is 9.47 Å². The van der Waals surface area contributed by atoms with E-state index in [9.17, 15) is 0 Å². The first-order valence-corrected chi connectivity index (χ1v) is 6.13. The average Bonchev–Trinajstić information content (AvgIpc) is 1.89. The Bertz CT molecular complexity index is 47.1. The molecule has 0 spiro atoms. The van der Waals surface area contributed by atoms with Crippen LogP contribution in [0.1, 0.15) is 0 Å². The molecule has 0 rings (SSSR count). The Kier molecular flexibility index (Phi) is 9.94. The van der Waals surface area contributed by atoms with E-state index < -0.39 is 0 Å². The summed E-state index contributed by atoms with van der Waals surface area (Å²) in [4.78, 5) is 0. The predicted octanol–water partition coefficient (Wildman–Crippen LogP) is 2.22. The van der Waals surface area contributed by atoms with Gasteiger partial charge in [0.15, 0.2) is 0 Å². The average molecular weight is 186 g/mol. The summed E-state index contributed by atoms with van der Waals surface area (Å²) in [5.41, 5.74) is 0. The molecule has 0 aromatic heterocycles. The lowest BCUT2D eigenvalue weighted by Gasteiger charge is -1.96. The van der Waals surface area contributed by atoms with Crippen LogP contribution >= 0.6 is 31.4 Å². The summed E-state index contributed by atoms with van der Waals surface area (Å²) >= 11 is 0. The maximum atomic E-state index is 4.81. The van der Waals surface area contributed by atoms with E-state index >= 15 is 0 Å². The number of methoxy groups -OCH3 is 2. The molecule has 0 radical (unpaired) electrons. The van der Waals surface area contributed by atoms with Gasteiger partial charge in [-0.1, -0.05) is 21.6 Å². The quantitative estimate of drug-likeness (QED) is 0.358. The topological polar surface area (TPSA) is 18.5 Å². The summed E-state index contributed by atoms with van der Waals surface area (Å²) in [5.74, 6) is 1.47. The van der Waals surface area contributed by atoms with E-state index in [-0.39, 0.29) is 0 Å². The molecule has 0 atom stereocenters. The maximum Gasteiger partial charge on any atom is 0.103 e. The molecule has 0 saturated heterocycles. The van der Waals surface area contributed by atoms with Crippen molar-refractivity contribution in [2.45, 2.75) is 0 Å². The highest BCUT2D eigenvalue weighted by Crippen LogP contribution is 2.33. The molecule has 0 unspecified atom stereocenters. The van der Waals surface area contributed by atoms with Crippen molar-refractivity contribution in [3.63, 3.8) is 0 Å². The largest absolute Gasteiger partial charge is 0.373 e. The van der Waals surface area contributed by atoms with Crippen LogP contribution < -0.4 is 0 Å². The van der Waals surface area contributed by atoms with Crippen molar-refractivity contribution in [1.29, 1.82) is 0 Å². The van der Waals surface area contributed by atoms with Crippen molar-refractivity contribution >= 4 is 31.4 Å². The van der Waals surface area contributed by atoms with E-state index in [0.717, 1.165) is 11.9 Å². The molecule has 0 heterocycles. The second kappa shape index (κ2) is 8.97. The minimum atomic E-state index is 0.737. The fraction of sp³-hybridized carbons (Fsp3) is 1.00. The third-order valence-corrected chi connectivity index (χ3v) is 4.17. The third-order valence-electron chi connectivity index (χ3n) is 0.428. The Morgan fingerprint density at radius 3 is 1.78 bits per heavy atom. The predicted molar refractivity (Wildman–Crippen MR) is 46.5 cm³/mol. The van der Waals surface area contributed by atoms with Crippen molar-refractivity contribution in [1.82, 2.24) is 0 Å². The Morgan fingerprint density at radius 1 is 1.00 bits per heavy atom. The van der Waals surface area contributed by atoms with Crippen LogP contribution in [0.3, 0.4) is 0 Å². The lowest BCUT2D eigenvalue weighted by Crippen LogP contribution is -1.77. The number of hydrogen-bond acceptors (Lipinski definition) is 5. The van der Waals surface area contributed by atoms with Crippen molar-refractivity contribution in [2.24, 2.45) is 0 Å². The van der Waals surface area contributed by atoms with Crippen molar-refractivity contribution in [2.75, 3.05) is 26.1 Å². The smallest absolute Gasteiger partial charge is 0.103 e. The van der Waals surface area contributed by atoms with E-state index in [1.54, 1.807) is 45.6 Å². The zero-order chi connectivity index (χ0) is 6.95. The molecule has 0 N–H and O–H groups in total. The van der Waals surface area contributed by atoms with Gasteiger partial charge in [-0.2, -0.15) is 0 Å². The second-order valence-electron chi connectivity index (χ2n) is 1.12. The van der Waals surface area contributed by atoms with Crippen LogP contribution in [0.15, 0.2) is 0 Å². The van der Waals surface area contributed by atoms with Crippen LogP contribution in [0.25, 0.3) is 0 Å². The fourth-order valence-corrected chi connectivity index (χ4v) is 2.85. The van der Waals surface area contributed by atoms with Gasteiger partial charge in [-0.25, -0.2) is 0 Å². The van der Waals surface area contributed by atoms with Gasteiger partial charge in [0.05, 0.1) is 0 Å². The highest BCUT2D eigenvalue weighted by atomic mass is 33.5. The summed E-state index contributed by atoms with van der Waals surface area (Å²) in [6, 6.07) is 0. The molecule has 5 heteroatoms. The summed E-state index contributed by atoms with van der Waals surface area (Å²) in [7, 11) is 8.41. The molecular weight excluding hydrogens is 176 g/mol. The van der Waals surface area contributed by atoms with Gasteiger partial charge in [0.1, 0.15) is 11.9 Å². The standard InChI is InChI=1S/C4H10O2S3/c1-5-3-7-9-8-4-6-2/h3-4H2,1-2H3. The third kappa shape index (κ3) is 8.97. The Balaban J connectivity index is 2.60. The lowest BCUT2D eigenvalue weighted by atomic mass is 11.5. The number of hydrogen-bond donors (Lipinski definition) is 0. The highest BCUT2D eigenvalue weighted by molar-refractivity contribution is 9.09. The summed E-state index contributed by atoms with van der Waals surface area (Å²) in [6.45, 7) is 0. The molecule has 0 aromatic rings. The van der Waals surface area contributed by atoms with E-state index in [1.165, 1.54) is 0 Å². The van der Waals surface area contributed by atoms with Gasteiger partial charge in [-0.3, -0.25) is 0 Å². The van der Waals surface area contributed by atoms with Crippen LogP contribution in [-0.4, -0.2) is 26.1 Å². The van der Waals surface area contributed by atoms with E-state index in [1.807, 2.05) is 0 Å². The van der Waals surface area contributed by atoms with Crippen molar-refractivity contribution in [3.05, 3.63) is 0 Å². The molecule has 0 fully saturated rings. The molecule has 0 aliphatic heterocycles. The summed E-state index contributed by atoms with van der Waals surface area (Å²) in [5, 5.41) is 0. The van der Waals surface area contributed by atoms with Gasteiger partial charge < -0.3 is 9.47 Å². The van der Waals surface area contributed by atoms with E-state index in [4.69, 9.17) is 9.47 Å². The first kappa shape index (κ1) is 9.97. The number of rotatable bonds is 6.